The minimum Gasteiger partial charge on any atom is -0.454 e. The fourth-order valence-electron chi connectivity index (χ4n) is 6.54. The second kappa shape index (κ2) is 9.59. The van der Waals surface area contributed by atoms with Crippen LogP contribution in [-0.4, -0.2) is 0 Å². The summed E-state index contributed by atoms with van der Waals surface area (Å²) in [7, 11) is 0. The van der Waals surface area contributed by atoms with Gasteiger partial charge in [0.1, 0.15) is 5.58 Å². The largest absolute Gasteiger partial charge is 0.454 e. The monoisotopic (exact) mass is 567 g/mol. The molecule has 9 aromatic rings. The van der Waals surface area contributed by atoms with E-state index in [1.54, 1.807) is 0 Å². The molecule has 0 unspecified atom stereocenters. The maximum Gasteiger partial charge on any atom is 0.159 e. The Balaban J connectivity index is 1.34. The highest BCUT2D eigenvalue weighted by molar-refractivity contribution is 7.25. The standard InChI is InChI=1S/C40H25NOS/c1-3-12-26(13-4-1)33-25-36-39(31-18-8-7-16-29(31)33)32-19-11-20-35(40(32)42-36)41(27-14-5-2-6-15-27)28-22-23-38-34(24-28)30-17-9-10-21-37(30)43-38/h1-25H. The van der Waals surface area contributed by atoms with Gasteiger partial charge >= 0.3 is 0 Å². The molecular weight excluding hydrogens is 543 g/mol. The molecule has 7 aromatic carbocycles. The summed E-state index contributed by atoms with van der Waals surface area (Å²) in [5.74, 6) is 0. The van der Waals surface area contributed by atoms with Gasteiger partial charge in [-0.1, -0.05) is 103 Å². The number of furan rings is 1. The Kier molecular flexibility index (Phi) is 5.40. The molecule has 43 heavy (non-hydrogen) atoms. The van der Waals surface area contributed by atoms with Crippen LogP contribution in [0, 0.1) is 0 Å². The van der Waals surface area contributed by atoms with Crippen molar-refractivity contribution in [3.63, 3.8) is 0 Å². The first-order valence-corrected chi connectivity index (χ1v) is 15.3. The number of benzene rings is 7. The predicted octanol–water partition coefficient (Wildman–Crippen LogP) is 12.2. The van der Waals surface area contributed by atoms with E-state index >= 15 is 0 Å². The normalized spacial score (nSPS) is 11.7. The molecule has 0 saturated heterocycles. The van der Waals surface area contributed by atoms with Crippen molar-refractivity contribution in [2.75, 3.05) is 4.90 Å². The van der Waals surface area contributed by atoms with Crippen LogP contribution < -0.4 is 4.90 Å². The van der Waals surface area contributed by atoms with E-state index in [2.05, 4.69) is 157 Å². The number of hydrogen-bond donors (Lipinski definition) is 0. The molecule has 0 saturated carbocycles. The number of hydrogen-bond acceptors (Lipinski definition) is 3. The molecule has 0 N–H and O–H groups in total. The lowest BCUT2D eigenvalue weighted by Gasteiger charge is -2.25. The molecule has 9 rings (SSSR count). The molecule has 0 radical (unpaired) electrons. The fraction of sp³-hybridized carbons (Fsp3) is 0. The number of anilines is 3. The molecule has 202 valence electrons. The SMILES string of the molecule is c1ccc(-c2cc3oc4c(N(c5ccccc5)c5ccc6sc7ccccc7c6c5)cccc4c3c3ccccc23)cc1. The van der Waals surface area contributed by atoms with Crippen molar-refractivity contribution in [3.05, 3.63) is 152 Å². The van der Waals surface area contributed by atoms with Gasteiger partial charge in [0.25, 0.3) is 0 Å². The number of para-hydroxylation sites is 2. The van der Waals surface area contributed by atoms with Crippen molar-refractivity contribution in [2.45, 2.75) is 0 Å². The number of thiophene rings is 1. The van der Waals surface area contributed by atoms with E-state index in [0.717, 1.165) is 39.0 Å². The molecule has 0 aliphatic rings. The van der Waals surface area contributed by atoms with Crippen LogP contribution in [0.1, 0.15) is 0 Å². The summed E-state index contributed by atoms with van der Waals surface area (Å²) in [6.07, 6.45) is 0. The first-order chi connectivity index (χ1) is 21.3. The van der Waals surface area contributed by atoms with Crippen molar-refractivity contribution >= 4 is 81.3 Å². The average molecular weight is 568 g/mol. The van der Waals surface area contributed by atoms with Gasteiger partial charge in [-0.15, -0.1) is 11.3 Å². The fourth-order valence-corrected chi connectivity index (χ4v) is 7.62. The third-order valence-electron chi connectivity index (χ3n) is 8.44. The highest BCUT2D eigenvalue weighted by Gasteiger charge is 2.22. The van der Waals surface area contributed by atoms with Gasteiger partial charge in [-0.2, -0.15) is 0 Å². The maximum atomic E-state index is 6.88. The summed E-state index contributed by atoms with van der Waals surface area (Å²) >= 11 is 1.84. The molecule has 2 heterocycles. The Labute approximate surface area is 252 Å². The second-order valence-electron chi connectivity index (χ2n) is 10.9. The minimum atomic E-state index is 0.881. The Morgan fingerprint density at radius 1 is 0.465 bits per heavy atom. The summed E-state index contributed by atoms with van der Waals surface area (Å²) in [5, 5.41) is 7.26. The van der Waals surface area contributed by atoms with Gasteiger partial charge in [0.05, 0.1) is 5.69 Å². The Morgan fingerprint density at radius 3 is 1.98 bits per heavy atom. The van der Waals surface area contributed by atoms with Gasteiger partial charge in [0.15, 0.2) is 5.58 Å². The first kappa shape index (κ1) is 24.2. The van der Waals surface area contributed by atoms with Crippen LogP contribution >= 0.6 is 11.3 Å². The zero-order valence-electron chi connectivity index (χ0n) is 23.2. The summed E-state index contributed by atoms with van der Waals surface area (Å²) in [5.41, 5.74) is 7.35. The lowest BCUT2D eigenvalue weighted by Crippen LogP contribution is -2.09. The Morgan fingerprint density at radius 2 is 1.14 bits per heavy atom. The predicted molar refractivity (Wildman–Crippen MR) is 184 cm³/mol. The summed E-state index contributed by atoms with van der Waals surface area (Å²) in [6.45, 7) is 0. The van der Waals surface area contributed by atoms with Crippen LogP contribution in [0.4, 0.5) is 17.1 Å². The van der Waals surface area contributed by atoms with Crippen LogP contribution in [0.15, 0.2) is 156 Å². The Hall–Kier alpha value is -5.38. The molecule has 0 aliphatic heterocycles. The zero-order chi connectivity index (χ0) is 28.3. The second-order valence-corrected chi connectivity index (χ2v) is 12.0. The highest BCUT2D eigenvalue weighted by atomic mass is 32.1. The molecule has 0 spiro atoms. The van der Waals surface area contributed by atoms with Gasteiger partial charge in [0, 0.05) is 42.3 Å². The molecule has 0 bridgehead atoms. The van der Waals surface area contributed by atoms with Crippen molar-refractivity contribution in [3.8, 4) is 11.1 Å². The maximum absolute atomic E-state index is 6.88. The van der Waals surface area contributed by atoms with Crippen LogP contribution in [0.25, 0.3) is 64.0 Å². The van der Waals surface area contributed by atoms with E-state index in [-0.39, 0.29) is 0 Å². The van der Waals surface area contributed by atoms with Crippen molar-refractivity contribution in [2.24, 2.45) is 0 Å². The van der Waals surface area contributed by atoms with E-state index in [0.29, 0.717) is 0 Å². The van der Waals surface area contributed by atoms with Crippen molar-refractivity contribution < 1.29 is 4.42 Å². The van der Waals surface area contributed by atoms with Gasteiger partial charge in [0.2, 0.25) is 0 Å². The molecule has 0 amide bonds. The molecule has 3 heteroatoms. The van der Waals surface area contributed by atoms with Crippen LogP contribution in [-0.2, 0) is 0 Å². The van der Waals surface area contributed by atoms with E-state index in [9.17, 15) is 0 Å². The zero-order valence-corrected chi connectivity index (χ0v) is 24.0. The van der Waals surface area contributed by atoms with Gasteiger partial charge in [-0.25, -0.2) is 0 Å². The topological polar surface area (TPSA) is 16.4 Å². The van der Waals surface area contributed by atoms with E-state index in [1.807, 2.05) is 11.3 Å². The lowest BCUT2D eigenvalue weighted by molar-refractivity contribution is 0.669. The van der Waals surface area contributed by atoms with Crippen LogP contribution in [0.3, 0.4) is 0 Å². The lowest BCUT2D eigenvalue weighted by atomic mass is 9.95. The highest BCUT2D eigenvalue weighted by Crippen LogP contribution is 2.46. The first-order valence-electron chi connectivity index (χ1n) is 14.5. The number of rotatable bonds is 4. The molecule has 2 aromatic heterocycles. The van der Waals surface area contributed by atoms with Gasteiger partial charge < -0.3 is 9.32 Å². The van der Waals surface area contributed by atoms with Gasteiger partial charge in [-0.3, -0.25) is 0 Å². The number of fused-ring (bicyclic) bond motifs is 8. The van der Waals surface area contributed by atoms with Crippen LogP contribution in [0.5, 0.6) is 0 Å². The molecule has 2 nitrogen and oxygen atoms in total. The average Bonchev–Trinajstić information content (AvgIpc) is 3.64. The van der Waals surface area contributed by atoms with Crippen molar-refractivity contribution in [1.29, 1.82) is 0 Å². The summed E-state index contributed by atoms with van der Waals surface area (Å²) < 4.78 is 9.48. The molecular formula is C40H25NOS. The van der Waals surface area contributed by atoms with E-state index < -0.39 is 0 Å². The van der Waals surface area contributed by atoms with E-state index in [1.165, 1.54) is 42.1 Å². The Bertz CT molecular complexity index is 2460. The van der Waals surface area contributed by atoms with Crippen LogP contribution in [0.2, 0.25) is 0 Å². The van der Waals surface area contributed by atoms with E-state index in [4.69, 9.17) is 4.42 Å². The quantitative estimate of drug-likeness (QED) is 0.210. The molecule has 0 fully saturated rings. The smallest absolute Gasteiger partial charge is 0.159 e. The van der Waals surface area contributed by atoms with Gasteiger partial charge in [-0.05, 0) is 70.4 Å². The summed E-state index contributed by atoms with van der Waals surface area (Å²) in [6, 6.07) is 54.1. The van der Waals surface area contributed by atoms with Crippen molar-refractivity contribution in [1.82, 2.24) is 0 Å². The summed E-state index contributed by atoms with van der Waals surface area (Å²) in [4.78, 5) is 2.33. The minimum absolute atomic E-state index is 0.881. The third-order valence-corrected chi connectivity index (χ3v) is 9.59. The molecule has 0 aliphatic carbocycles. The number of nitrogens with zero attached hydrogens (tertiary/aromatic N) is 1. The molecule has 0 atom stereocenters. The third kappa shape index (κ3) is 3.79.